The molecule has 2 N–H and O–H groups in total. The van der Waals surface area contributed by atoms with Crippen LogP contribution in [0.15, 0.2) is 17.5 Å². The predicted octanol–water partition coefficient (Wildman–Crippen LogP) is -0.345. The van der Waals surface area contributed by atoms with Crippen molar-refractivity contribution in [3.8, 4) is 0 Å². The second kappa shape index (κ2) is 8.75. The van der Waals surface area contributed by atoms with Crippen molar-refractivity contribution in [2.75, 3.05) is 12.4 Å². The number of carbonyl (C=O) groups excluding carboxylic acids is 3. The zero-order chi connectivity index (χ0) is 22.9. The number of aromatic nitrogens is 2. The van der Waals surface area contributed by atoms with Crippen molar-refractivity contribution in [3.05, 3.63) is 33.3 Å². The third kappa shape index (κ3) is 4.23. The second-order valence-corrected chi connectivity index (χ2v) is 7.84. The Morgan fingerprint density at radius 1 is 1.45 bits per heavy atom. The fourth-order valence-corrected chi connectivity index (χ4v) is 4.67. The van der Waals surface area contributed by atoms with Gasteiger partial charge in [-0.2, -0.15) is 0 Å². The molecule has 0 aromatic carbocycles. The molecule has 2 amide bonds. The molecule has 0 bridgehead atoms. The number of fused-ring (bicyclic) bond motifs is 1. The average molecular weight is 453 g/mol. The van der Waals surface area contributed by atoms with Crippen LogP contribution in [0.5, 0.6) is 0 Å². The summed E-state index contributed by atoms with van der Waals surface area (Å²) in [7, 11) is 0. The number of nitrogens with zero attached hydrogens (tertiary/aromatic N) is 4. The molecule has 2 aliphatic rings. The summed E-state index contributed by atoms with van der Waals surface area (Å²) < 4.78 is 6.02. The van der Waals surface area contributed by atoms with Gasteiger partial charge in [0.05, 0.1) is 0 Å². The second-order valence-electron chi connectivity index (χ2n) is 6.74. The highest BCUT2D eigenvalue weighted by Crippen LogP contribution is 2.40. The molecule has 2 aliphatic heterocycles. The van der Waals surface area contributed by atoms with Crippen molar-refractivity contribution in [1.82, 2.24) is 19.8 Å². The van der Waals surface area contributed by atoms with Gasteiger partial charge in [0.15, 0.2) is 6.54 Å². The van der Waals surface area contributed by atoms with Gasteiger partial charge in [0.2, 0.25) is 0 Å². The van der Waals surface area contributed by atoms with E-state index < -0.39 is 52.6 Å². The number of aryl methyl sites for hydroxylation is 1. The maximum absolute atomic E-state index is 12.6. The molecule has 0 spiro atoms. The van der Waals surface area contributed by atoms with E-state index >= 15 is 0 Å². The molecule has 2 atom stereocenters. The van der Waals surface area contributed by atoms with Crippen molar-refractivity contribution in [2.24, 2.45) is 0 Å². The molecule has 3 heterocycles. The van der Waals surface area contributed by atoms with Gasteiger partial charge in [-0.25, -0.2) is 9.36 Å². The maximum Gasteiger partial charge on any atom is 0.435 e. The summed E-state index contributed by atoms with van der Waals surface area (Å²) in [6.07, 6.45) is 1.73. The molecule has 1 aromatic rings. The average Bonchev–Trinajstić information content (AvgIpc) is 3.12. The number of aliphatic carboxylic acids is 1. The minimum Gasteiger partial charge on any atom is -0.477 e. The van der Waals surface area contributed by atoms with E-state index in [9.17, 15) is 34.4 Å². The lowest BCUT2D eigenvalue weighted by molar-refractivity contribution is -0.396. The lowest BCUT2D eigenvalue weighted by Gasteiger charge is -2.49. The van der Waals surface area contributed by atoms with Crippen molar-refractivity contribution in [2.45, 2.75) is 38.2 Å². The molecule has 31 heavy (non-hydrogen) atoms. The summed E-state index contributed by atoms with van der Waals surface area (Å²) in [4.78, 5) is 63.0. The standard InChI is InChI=1S/C17H19N5O8S/c1-3-10-4-18-17(22(28)29)20(10)5-11(24)19-12-14(25)21-13(16(26)27)9(6-30-8(2)23)7-31-15(12)21/h4,12,15H,3,5-7H2,1-2H3,(H,19,24)(H,26,27)/t12-,15-/m1/s1. The molecule has 14 heteroatoms. The summed E-state index contributed by atoms with van der Waals surface area (Å²) >= 11 is 1.22. The van der Waals surface area contributed by atoms with E-state index in [1.165, 1.54) is 24.9 Å². The quantitative estimate of drug-likeness (QED) is 0.229. The summed E-state index contributed by atoms with van der Waals surface area (Å²) in [6.45, 7) is 2.30. The number of amides is 2. The number of carboxylic acids is 1. The molecule has 0 radical (unpaired) electrons. The predicted molar refractivity (Wildman–Crippen MR) is 105 cm³/mol. The Morgan fingerprint density at radius 3 is 2.74 bits per heavy atom. The van der Waals surface area contributed by atoms with E-state index in [4.69, 9.17) is 4.74 Å². The molecular weight excluding hydrogens is 434 g/mol. The van der Waals surface area contributed by atoms with Crippen LogP contribution in [0.4, 0.5) is 5.95 Å². The minimum absolute atomic E-state index is 0.197. The van der Waals surface area contributed by atoms with Gasteiger partial charge in [-0.1, -0.05) is 11.9 Å². The number of nitro groups is 1. The number of ether oxygens (including phenoxy) is 1. The van der Waals surface area contributed by atoms with Crippen LogP contribution < -0.4 is 5.32 Å². The van der Waals surface area contributed by atoms with E-state index in [-0.39, 0.29) is 23.6 Å². The van der Waals surface area contributed by atoms with Crippen LogP contribution in [0.3, 0.4) is 0 Å². The first-order valence-corrected chi connectivity index (χ1v) is 10.2. The number of β-lactam (4-membered cyclic amide) rings is 1. The zero-order valence-electron chi connectivity index (χ0n) is 16.6. The Labute approximate surface area is 179 Å². The third-order valence-corrected chi connectivity index (χ3v) is 6.10. The lowest BCUT2D eigenvalue weighted by atomic mass is 10.0. The maximum atomic E-state index is 12.6. The smallest absolute Gasteiger partial charge is 0.435 e. The van der Waals surface area contributed by atoms with Gasteiger partial charge in [0.1, 0.15) is 35.6 Å². The van der Waals surface area contributed by atoms with Gasteiger partial charge in [-0.3, -0.25) is 19.3 Å². The van der Waals surface area contributed by atoms with E-state index in [1.54, 1.807) is 6.92 Å². The van der Waals surface area contributed by atoms with Gasteiger partial charge >= 0.3 is 17.9 Å². The van der Waals surface area contributed by atoms with E-state index in [0.29, 0.717) is 12.1 Å². The number of imidazole rings is 1. The number of carboxylic acid groups (broad SMARTS) is 1. The Bertz CT molecular complexity index is 1000. The Kier molecular flexibility index (Phi) is 6.29. The van der Waals surface area contributed by atoms with Crippen LogP contribution >= 0.6 is 11.8 Å². The molecule has 1 saturated heterocycles. The van der Waals surface area contributed by atoms with Gasteiger partial charge in [0, 0.05) is 24.7 Å². The number of carbonyl (C=O) groups is 4. The molecule has 0 unspecified atom stereocenters. The molecule has 166 valence electrons. The van der Waals surface area contributed by atoms with E-state index in [0.717, 1.165) is 9.47 Å². The molecule has 1 fully saturated rings. The number of thioether (sulfide) groups is 1. The zero-order valence-corrected chi connectivity index (χ0v) is 17.4. The van der Waals surface area contributed by atoms with Crippen LogP contribution in [0.25, 0.3) is 0 Å². The largest absolute Gasteiger partial charge is 0.477 e. The Morgan fingerprint density at radius 2 is 2.16 bits per heavy atom. The number of rotatable bonds is 8. The first-order chi connectivity index (χ1) is 14.6. The number of nitrogens with one attached hydrogen (secondary N) is 1. The van der Waals surface area contributed by atoms with Gasteiger partial charge in [0.25, 0.3) is 11.8 Å². The topological polar surface area (TPSA) is 174 Å². The summed E-state index contributed by atoms with van der Waals surface area (Å²) in [5.41, 5.74) is 0.504. The Hall–Kier alpha value is -3.42. The highest BCUT2D eigenvalue weighted by atomic mass is 32.2. The third-order valence-electron chi connectivity index (χ3n) is 4.76. The molecule has 0 saturated carbocycles. The van der Waals surface area contributed by atoms with Gasteiger partial charge in [-0.05, 0) is 4.92 Å². The van der Waals surface area contributed by atoms with Crippen molar-refractivity contribution < 1.29 is 33.9 Å². The summed E-state index contributed by atoms with van der Waals surface area (Å²) in [5.74, 6) is -3.47. The monoisotopic (exact) mass is 453 g/mol. The SMILES string of the molecule is CCc1cnc([N+](=O)[O-])n1CC(=O)N[C@@H]1C(=O)N2C(C(=O)O)=C(COC(C)=O)CS[C@H]12. The summed E-state index contributed by atoms with van der Waals surface area (Å²) in [6, 6.07) is -0.977. The van der Waals surface area contributed by atoms with Crippen molar-refractivity contribution >= 4 is 41.5 Å². The van der Waals surface area contributed by atoms with Crippen molar-refractivity contribution in [3.63, 3.8) is 0 Å². The minimum atomic E-state index is -1.34. The van der Waals surface area contributed by atoms with Crippen LogP contribution in [-0.2, 0) is 36.9 Å². The molecular formula is C17H19N5O8S. The molecule has 3 rings (SSSR count). The number of hydrogen-bond acceptors (Lipinski definition) is 9. The van der Waals surface area contributed by atoms with Gasteiger partial charge in [-0.15, -0.1) is 11.8 Å². The lowest BCUT2D eigenvalue weighted by Crippen LogP contribution is -2.70. The first kappa shape index (κ1) is 22.3. The van der Waals surface area contributed by atoms with E-state index in [2.05, 4.69) is 10.3 Å². The first-order valence-electron chi connectivity index (χ1n) is 9.17. The molecule has 0 aliphatic carbocycles. The highest BCUT2D eigenvalue weighted by molar-refractivity contribution is 8.00. The van der Waals surface area contributed by atoms with Crippen LogP contribution in [-0.4, -0.2) is 72.0 Å². The molecule has 1 aromatic heterocycles. The highest BCUT2D eigenvalue weighted by Gasteiger charge is 2.54. The fourth-order valence-electron chi connectivity index (χ4n) is 3.35. The number of hydrogen-bond donors (Lipinski definition) is 2. The fraction of sp³-hybridized carbons (Fsp3) is 0.471. The van der Waals surface area contributed by atoms with Crippen molar-refractivity contribution in [1.29, 1.82) is 0 Å². The Balaban J connectivity index is 1.72. The van der Waals surface area contributed by atoms with Crippen LogP contribution in [0.1, 0.15) is 19.5 Å². The number of esters is 1. The summed E-state index contributed by atoms with van der Waals surface area (Å²) in [5, 5.41) is 22.5. The normalized spacial score (nSPS) is 20.1. The molecule has 13 nitrogen and oxygen atoms in total. The van der Waals surface area contributed by atoms with Gasteiger partial charge < -0.3 is 25.3 Å². The van der Waals surface area contributed by atoms with E-state index in [1.807, 2.05) is 0 Å². The van der Waals surface area contributed by atoms with Crippen LogP contribution in [0, 0.1) is 10.1 Å². The van der Waals surface area contributed by atoms with Crippen LogP contribution in [0.2, 0.25) is 0 Å².